The third-order valence-corrected chi connectivity index (χ3v) is 7.75. The highest BCUT2D eigenvalue weighted by molar-refractivity contribution is 7.16. The van der Waals surface area contributed by atoms with Crippen LogP contribution in [0.2, 0.25) is 0 Å². The van der Waals surface area contributed by atoms with E-state index in [4.69, 9.17) is 14.2 Å². The summed E-state index contributed by atoms with van der Waals surface area (Å²) in [4.78, 5) is 27.2. The van der Waals surface area contributed by atoms with Crippen molar-refractivity contribution in [3.05, 3.63) is 72.0 Å². The van der Waals surface area contributed by atoms with Crippen LogP contribution in [-0.4, -0.2) is 58.7 Å². The van der Waals surface area contributed by atoms with Gasteiger partial charge in [0.1, 0.15) is 42.1 Å². The number of rotatable bonds is 8. The summed E-state index contributed by atoms with van der Waals surface area (Å²) in [7, 11) is 1.54. The summed E-state index contributed by atoms with van der Waals surface area (Å²) in [5.74, 6) is 3.00. The van der Waals surface area contributed by atoms with E-state index in [0.29, 0.717) is 18.9 Å². The number of methoxy groups -OCH3 is 1. The lowest BCUT2D eigenvalue weighted by Crippen LogP contribution is -2.43. The molecule has 1 aliphatic rings. The van der Waals surface area contributed by atoms with Crippen molar-refractivity contribution in [3.8, 4) is 17.2 Å². The molecule has 6 rings (SSSR count). The molecule has 9 nitrogen and oxygen atoms in total. The number of piperidine rings is 1. The van der Waals surface area contributed by atoms with Crippen LogP contribution in [0, 0.1) is 6.92 Å². The minimum Gasteiger partial charge on any atom is -0.490 e. The first-order valence-corrected chi connectivity index (χ1v) is 14.0. The molecule has 1 amide bonds. The number of carbonyl (C=O) groups is 1. The van der Waals surface area contributed by atoms with Crippen molar-refractivity contribution < 1.29 is 19.0 Å². The topological polar surface area (TPSA) is 98.7 Å². The van der Waals surface area contributed by atoms with Crippen LogP contribution in [0.5, 0.6) is 17.2 Å². The number of amides is 1. The second kappa shape index (κ2) is 11.4. The van der Waals surface area contributed by atoms with Gasteiger partial charge >= 0.3 is 0 Å². The van der Waals surface area contributed by atoms with E-state index in [0.717, 1.165) is 62.5 Å². The third-order valence-electron chi connectivity index (χ3n) is 6.94. The maximum absolute atomic E-state index is 12.1. The first kappa shape index (κ1) is 26.0. The predicted molar refractivity (Wildman–Crippen MR) is 156 cm³/mol. The minimum atomic E-state index is 0.0199. The van der Waals surface area contributed by atoms with Gasteiger partial charge in [-0.15, -0.1) is 11.3 Å². The summed E-state index contributed by atoms with van der Waals surface area (Å²) in [5, 5.41) is 4.30. The van der Waals surface area contributed by atoms with Gasteiger partial charge < -0.3 is 24.4 Å². The fourth-order valence-corrected chi connectivity index (χ4v) is 5.50. The highest BCUT2D eigenvalue weighted by Crippen LogP contribution is 2.32. The van der Waals surface area contributed by atoms with E-state index < -0.39 is 0 Å². The lowest BCUT2D eigenvalue weighted by Gasteiger charge is -2.32. The van der Waals surface area contributed by atoms with Gasteiger partial charge in [-0.3, -0.25) is 4.79 Å². The molecular formula is C30H29N5O4S. The van der Waals surface area contributed by atoms with Crippen LogP contribution in [-0.2, 0) is 9.53 Å². The van der Waals surface area contributed by atoms with Gasteiger partial charge in [-0.05, 0) is 61.0 Å². The average molecular weight is 556 g/mol. The van der Waals surface area contributed by atoms with E-state index in [1.54, 1.807) is 17.7 Å². The summed E-state index contributed by atoms with van der Waals surface area (Å²) in [6.07, 6.45) is 3.14. The number of fused-ring (bicyclic) bond motifs is 2. The molecule has 0 unspecified atom stereocenters. The molecular weight excluding hydrogens is 526 g/mol. The Morgan fingerprint density at radius 2 is 1.85 bits per heavy atom. The van der Waals surface area contributed by atoms with Crippen LogP contribution in [0.25, 0.3) is 21.1 Å². The number of aryl methyl sites for hydroxylation is 1. The van der Waals surface area contributed by atoms with Gasteiger partial charge in [-0.1, -0.05) is 0 Å². The number of nitrogens with one attached hydrogen (secondary N) is 1. The molecule has 1 saturated heterocycles. The molecule has 2 aromatic heterocycles. The zero-order valence-corrected chi connectivity index (χ0v) is 23.1. The highest BCUT2D eigenvalue weighted by Gasteiger charge is 2.24. The Morgan fingerprint density at radius 1 is 1.00 bits per heavy atom. The van der Waals surface area contributed by atoms with E-state index in [-0.39, 0.29) is 18.6 Å². The van der Waals surface area contributed by atoms with E-state index in [9.17, 15) is 4.79 Å². The molecule has 0 radical (unpaired) electrons. The molecule has 0 saturated carbocycles. The van der Waals surface area contributed by atoms with E-state index in [1.165, 1.54) is 7.11 Å². The number of carbonyl (C=O) groups excluding carboxylic acids is 1. The molecule has 0 aliphatic carbocycles. The maximum atomic E-state index is 12.1. The third kappa shape index (κ3) is 5.68. The quantitative estimate of drug-likeness (QED) is 0.245. The minimum absolute atomic E-state index is 0.0199. The number of hydrogen-bond acceptors (Lipinski definition) is 9. The van der Waals surface area contributed by atoms with Crippen LogP contribution < -0.4 is 14.8 Å². The van der Waals surface area contributed by atoms with Gasteiger partial charge in [0.15, 0.2) is 0 Å². The highest BCUT2D eigenvalue weighted by atomic mass is 32.1. The molecule has 5 aromatic rings. The SMILES string of the molecule is COCC(=O)N1CCC(Oc2ccc3ncnc(Nc4ccc(Oc5ccc6scnc6c5)c(C)c4)c3c2)CC1. The second-order valence-corrected chi connectivity index (χ2v) is 10.6. The molecule has 0 spiro atoms. The van der Waals surface area contributed by atoms with E-state index in [1.807, 2.05) is 71.9 Å². The zero-order valence-electron chi connectivity index (χ0n) is 22.3. The van der Waals surface area contributed by atoms with E-state index >= 15 is 0 Å². The standard InChI is InChI=1S/C30H29N5O4S/c1-19-13-20(3-7-27(19)39-23-5-8-28-26(15-23)33-18-40-28)34-30-24-14-22(4-6-25(24)31-17-32-30)38-21-9-11-35(12-10-21)29(36)16-37-2/h3-8,13-15,17-18,21H,9-12,16H2,1-2H3,(H,31,32,34). The fraction of sp³-hybridized carbons (Fsp3) is 0.267. The lowest BCUT2D eigenvalue weighted by atomic mass is 10.1. The van der Waals surface area contributed by atoms with Crippen molar-refractivity contribution in [1.29, 1.82) is 0 Å². The van der Waals surface area contributed by atoms with Crippen LogP contribution >= 0.6 is 11.3 Å². The Bertz CT molecular complexity index is 1670. The Balaban J connectivity index is 1.15. The first-order valence-electron chi connectivity index (χ1n) is 13.1. The molecule has 3 heterocycles. The Labute approximate surface area is 235 Å². The Hall–Kier alpha value is -4.28. The number of nitrogens with zero attached hydrogens (tertiary/aromatic N) is 4. The average Bonchev–Trinajstić information content (AvgIpc) is 3.43. The zero-order chi connectivity index (χ0) is 27.5. The van der Waals surface area contributed by atoms with Crippen molar-refractivity contribution in [2.24, 2.45) is 0 Å². The summed E-state index contributed by atoms with van der Waals surface area (Å²) in [5.41, 5.74) is 5.46. The number of benzene rings is 3. The van der Waals surface area contributed by atoms with Crippen molar-refractivity contribution >= 4 is 49.9 Å². The van der Waals surface area contributed by atoms with Gasteiger partial charge in [0.05, 0.1) is 21.2 Å². The molecule has 1 N–H and O–H groups in total. The summed E-state index contributed by atoms with van der Waals surface area (Å²) in [6.45, 7) is 3.45. The summed E-state index contributed by atoms with van der Waals surface area (Å²) >= 11 is 1.61. The smallest absolute Gasteiger partial charge is 0.248 e. The van der Waals surface area contributed by atoms with Gasteiger partial charge in [0.25, 0.3) is 0 Å². The number of hydrogen-bond donors (Lipinski definition) is 1. The molecule has 0 atom stereocenters. The maximum Gasteiger partial charge on any atom is 0.248 e. The number of anilines is 2. The van der Waals surface area contributed by atoms with Gasteiger partial charge in [-0.25, -0.2) is 15.0 Å². The Morgan fingerprint density at radius 3 is 2.67 bits per heavy atom. The van der Waals surface area contributed by atoms with E-state index in [2.05, 4.69) is 20.3 Å². The van der Waals surface area contributed by atoms with Crippen molar-refractivity contribution in [3.63, 3.8) is 0 Å². The monoisotopic (exact) mass is 555 g/mol. The van der Waals surface area contributed by atoms with Gasteiger partial charge in [0.2, 0.25) is 5.91 Å². The lowest BCUT2D eigenvalue weighted by molar-refractivity contribution is -0.136. The summed E-state index contributed by atoms with van der Waals surface area (Å²) < 4.78 is 18.6. The molecule has 0 bridgehead atoms. The number of aromatic nitrogens is 3. The molecule has 204 valence electrons. The fourth-order valence-electron chi connectivity index (χ4n) is 4.85. The van der Waals surface area contributed by atoms with Crippen LogP contribution in [0.4, 0.5) is 11.5 Å². The number of likely N-dealkylation sites (tertiary alicyclic amines) is 1. The second-order valence-electron chi connectivity index (χ2n) is 9.72. The normalized spacial score (nSPS) is 14.0. The number of ether oxygens (including phenoxy) is 3. The summed E-state index contributed by atoms with van der Waals surface area (Å²) in [6, 6.07) is 17.7. The van der Waals surface area contributed by atoms with Gasteiger partial charge in [-0.2, -0.15) is 0 Å². The molecule has 1 aliphatic heterocycles. The molecule has 10 heteroatoms. The van der Waals surface area contributed by atoms with Crippen molar-refractivity contribution in [2.75, 3.05) is 32.1 Å². The first-order chi connectivity index (χ1) is 19.6. The molecule has 40 heavy (non-hydrogen) atoms. The van der Waals surface area contributed by atoms with Crippen molar-refractivity contribution in [2.45, 2.75) is 25.9 Å². The van der Waals surface area contributed by atoms with Crippen LogP contribution in [0.3, 0.4) is 0 Å². The largest absolute Gasteiger partial charge is 0.490 e. The predicted octanol–water partition coefficient (Wildman–Crippen LogP) is 6.10. The molecule has 1 fully saturated rings. The Kier molecular flexibility index (Phi) is 7.43. The van der Waals surface area contributed by atoms with Gasteiger partial charge in [0, 0.05) is 50.2 Å². The van der Waals surface area contributed by atoms with Crippen molar-refractivity contribution in [1.82, 2.24) is 19.9 Å². The van der Waals surface area contributed by atoms with Crippen LogP contribution in [0.15, 0.2) is 66.4 Å². The van der Waals surface area contributed by atoms with Crippen LogP contribution in [0.1, 0.15) is 18.4 Å². The number of thiazole rings is 1. The molecule has 3 aromatic carbocycles.